The molecule has 2 rings (SSSR count). The van der Waals surface area contributed by atoms with E-state index in [0.717, 1.165) is 25.7 Å². The zero-order chi connectivity index (χ0) is 17.0. The van der Waals surface area contributed by atoms with Gasteiger partial charge in [-0.25, -0.2) is 0 Å². The van der Waals surface area contributed by atoms with Gasteiger partial charge in [0, 0.05) is 6.54 Å². The Morgan fingerprint density at radius 2 is 1.91 bits per heavy atom. The van der Waals surface area contributed by atoms with Crippen LogP contribution in [0.5, 0.6) is 0 Å². The third-order valence-electron chi connectivity index (χ3n) is 6.18. The van der Waals surface area contributed by atoms with Crippen LogP contribution in [0.3, 0.4) is 0 Å². The summed E-state index contributed by atoms with van der Waals surface area (Å²) in [5.41, 5.74) is 6.57. The first kappa shape index (κ1) is 18.4. The van der Waals surface area contributed by atoms with Gasteiger partial charge in [0.05, 0.1) is 12.1 Å². The molecule has 1 amide bonds. The molecule has 23 heavy (non-hydrogen) atoms. The number of carbonyl (C=O) groups excluding carboxylic acids is 2. The van der Waals surface area contributed by atoms with E-state index in [4.69, 9.17) is 5.73 Å². The number of carbonyl (C=O) groups is 2. The summed E-state index contributed by atoms with van der Waals surface area (Å²) in [6.07, 6.45) is 10.1. The fraction of sp³-hybridized carbons (Fsp3) is 0.895. The Bertz CT molecular complexity index is 429. The van der Waals surface area contributed by atoms with E-state index in [0.29, 0.717) is 17.9 Å². The monoisotopic (exact) mass is 322 g/mol. The SMILES string of the molecule is CCC1CCN(C(=O)C(N)CCC2(C)CCCCC2)[C@@H]1C(C)=O. The third kappa shape index (κ3) is 4.34. The smallest absolute Gasteiger partial charge is 0.240 e. The lowest BCUT2D eigenvalue weighted by Crippen LogP contribution is -2.49. The van der Waals surface area contributed by atoms with Crippen molar-refractivity contribution in [2.75, 3.05) is 6.54 Å². The summed E-state index contributed by atoms with van der Waals surface area (Å²) in [5, 5.41) is 0. The van der Waals surface area contributed by atoms with Crippen molar-refractivity contribution in [3.8, 4) is 0 Å². The van der Waals surface area contributed by atoms with E-state index in [2.05, 4.69) is 13.8 Å². The highest BCUT2D eigenvalue weighted by Gasteiger charge is 2.40. The number of ketones is 1. The summed E-state index contributed by atoms with van der Waals surface area (Å²) in [7, 11) is 0. The average Bonchev–Trinajstić information content (AvgIpc) is 2.97. The van der Waals surface area contributed by atoms with E-state index >= 15 is 0 Å². The van der Waals surface area contributed by atoms with Crippen molar-refractivity contribution >= 4 is 11.7 Å². The molecule has 0 spiro atoms. The van der Waals surface area contributed by atoms with Gasteiger partial charge in [-0.15, -0.1) is 0 Å². The number of likely N-dealkylation sites (tertiary alicyclic amines) is 1. The Balaban J connectivity index is 1.92. The topological polar surface area (TPSA) is 63.4 Å². The zero-order valence-electron chi connectivity index (χ0n) is 15.1. The molecule has 4 nitrogen and oxygen atoms in total. The van der Waals surface area contributed by atoms with Gasteiger partial charge in [0.1, 0.15) is 0 Å². The maximum atomic E-state index is 12.7. The average molecular weight is 322 g/mol. The van der Waals surface area contributed by atoms with Gasteiger partial charge in [0.15, 0.2) is 5.78 Å². The molecular formula is C19H34N2O2. The fourth-order valence-corrected chi connectivity index (χ4v) is 4.58. The van der Waals surface area contributed by atoms with Crippen LogP contribution in [0.15, 0.2) is 0 Å². The van der Waals surface area contributed by atoms with Gasteiger partial charge in [-0.05, 0) is 50.4 Å². The standard InChI is InChI=1S/C19H34N2O2/c1-4-15-9-13-21(17(15)14(2)22)18(23)16(20)8-12-19(3)10-6-5-7-11-19/h15-17H,4-13,20H2,1-3H3/t15?,16?,17-/m1/s1. The number of amides is 1. The summed E-state index contributed by atoms with van der Waals surface area (Å²) in [6, 6.07) is -0.699. The molecule has 1 aliphatic carbocycles. The second-order valence-corrected chi connectivity index (χ2v) is 8.06. The van der Waals surface area contributed by atoms with Crippen LogP contribution in [0.25, 0.3) is 0 Å². The normalized spacial score (nSPS) is 28.6. The summed E-state index contributed by atoms with van der Waals surface area (Å²) in [6.45, 7) is 6.73. The summed E-state index contributed by atoms with van der Waals surface area (Å²) < 4.78 is 0. The minimum absolute atomic E-state index is 0.0134. The lowest BCUT2D eigenvalue weighted by molar-refractivity contribution is -0.139. The molecule has 1 aliphatic heterocycles. The van der Waals surface area contributed by atoms with E-state index in [1.807, 2.05) is 0 Å². The molecule has 0 bridgehead atoms. The van der Waals surface area contributed by atoms with Gasteiger partial charge in [0.2, 0.25) is 5.91 Å². The van der Waals surface area contributed by atoms with Gasteiger partial charge < -0.3 is 10.6 Å². The minimum Gasteiger partial charge on any atom is -0.331 e. The minimum atomic E-state index is -0.453. The quantitative estimate of drug-likeness (QED) is 0.816. The van der Waals surface area contributed by atoms with Crippen LogP contribution >= 0.6 is 0 Å². The number of hydrogen-bond acceptors (Lipinski definition) is 3. The van der Waals surface area contributed by atoms with E-state index in [9.17, 15) is 9.59 Å². The zero-order valence-corrected chi connectivity index (χ0v) is 15.1. The first-order valence-corrected chi connectivity index (χ1v) is 9.44. The Morgan fingerprint density at radius 1 is 1.26 bits per heavy atom. The first-order valence-electron chi connectivity index (χ1n) is 9.44. The highest BCUT2D eigenvalue weighted by atomic mass is 16.2. The van der Waals surface area contributed by atoms with Crippen LogP contribution in [0.4, 0.5) is 0 Å². The summed E-state index contributed by atoms with van der Waals surface area (Å²) in [4.78, 5) is 26.5. The first-order chi connectivity index (χ1) is 10.9. The van der Waals surface area contributed by atoms with Crippen LogP contribution in [-0.4, -0.2) is 35.2 Å². The van der Waals surface area contributed by atoms with Crippen molar-refractivity contribution in [2.45, 2.75) is 90.6 Å². The fourth-order valence-electron chi connectivity index (χ4n) is 4.58. The molecule has 132 valence electrons. The largest absolute Gasteiger partial charge is 0.331 e. The third-order valence-corrected chi connectivity index (χ3v) is 6.18. The molecule has 1 saturated carbocycles. The molecule has 0 aromatic carbocycles. The summed E-state index contributed by atoms with van der Waals surface area (Å²) >= 11 is 0. The Hall–Kier alpha value is -0.900. The van der Waals surface area contributed by atoms with Crippen molar-refractivity contribution in [1.29, 1.82) is 0 Å². The molecule has 4 heteroatoms. The predicted octanol–water partition coefficient (Wildman–Crippen LogP) is 3.28. The van der Waals surface area contributed by atoms with Crippen molar-refractivity contribution in [2.24, 2.45) is 17.1 Å². The van der Waals surface area contributed by atoms with Gasteiger partial charge in [0.25, 0.3) is 0 Å². The second kappa shape index (κ2) is 7.78. The van der Waals surface area contributed by atoms with Gasteiger partial charge in [-0.2, -0.15) is 0 Å². The van der Waals surface area contributed by atoms with E-state index < -0.39 is 6.04 Å². The molecular weight excluding hydrogens is 288 g/mol. The van der Waals surface area contributed by atoms with Gasteiger partial charge in [-0.1, -0.05) is 39.5 Å². The van der Waals surface area contributed by atoms with Crippen molar-refractivity contribution in [3.05, 3.63) is 0 Å². The van der Waals surface area contributed by atoms with Crippen molar-refractivity contribution in [1.82, 2.24) is 4.90 Å². The molecule has 2 unspecified atom stereocenters. The second-order valence-electron chi connectivity index (χ2n) is 8.06. The number of nitrogens with zero attached hydrogens (tertiary/aromatic N) is 1. The molecule has 1 saturated heterocycles. The van der Waals surface area contributed by atoms with Crippen LogP contribution in [0.2, 0.25) is 0 Å². The highest BCUT2D eigenvalue weighted by molar-refractivity contribution is 5.90. The van der Waals surface area contributed by atoms with Crippen LogP contribution in [0, 0.1) is 11.3 Å². The van der Waals surface area contributed by atoms with Crippen molar-refractivity contribution in [3.63, 3.8) is 0 Å². The molecule has 0 radical (unpaired) electrons. The maximum absolute atomic E-state index is 12.7. The number of nitrogens with two attached hydrogens (primary N) is 1. The van der Waals surface area contributed by atoms with Crippen LogP contribution in [0.1, 0.15) is 78.6 Å². The molecule has 2 aliphatic rings. The number of Topliss-reactive ketones (excluding diaryl/α,β-unsaturated/α-hetero) is 1. The Morgan fingerprint density at radius 3 is 2.48 bits per heavy atom. The highest BCUT2D eigenvalue weighted by Crippen LogP contribution is 2.40. The predicted molar refractivity (Wildman–Crippen MR) is 93.0 cm³/mol. The maximum Gasteiger partial charge on any atom is 0.240 e. The summed E-state index contributed by atoms with van der Waals surface area (Å²) in [5.74, 6) is 0.397. The van der Waals surface area contributed by atoms with E-state index in [-0.39, 0.29) is 17.7 Å². The molecule has 2 N–H and O–H groups in total. The van der Waals surface area contributed by atoms with E-state index in [1.54, 1.807) is 11.8 Å². The number of hydrogen-bond donors (Lipinski definition) is 1. The van der Waals surface area contributed by atoms with Crippen LogP contribution in [-0.2, 0) is 9.59 Å². The Kier molecular flexibility index (Phi) is 6.24. The molecule has 0 aromatic heterocycles. The number of rotatable bonds is 6. The Labute approximate surface area is 141 Å². The molecule has 1 heterocycles. The van der Waals surface area contributed by atoms with Crippen LogP contribution < -0.4 is 5.73 Å². The van der Waals surface area contributed by atoms with E-state index in [1.165, 1.54) is 32.1 Å². The lowest BCUT2D eigenvalue weighted by Gasteiger charge is -2.35. The van der Waals surface area contributed by atoms with Gasteiger partial charge >= 0.3 is 0 Å². The van der Waals surface area contributed by atoms with Gasteiger partial charge in [-0.3, -0.25) is 9.59 Å². The molecule has 3 atom stereocenters. The lowest BCUT2D eigenvalue weighted by atomic mass is 9.72. The molecule has 0 aromatic rings. The molecule has 2 fully saturated rings. The van der Waals surface area contributed by atoms with Crippen molar-refractivity contribution < 1.29 is 9.59 Å².